The minimum Gasteiger partial charge on any atom is -0.491 e. The number of nitrogen functional groups attached to an aromatic ring is 1. The number of methoxy groups -OCH3 is 1. The van der Waals surface area contributed by atoms with E-state index in [1.165, 1.54) is 37.4 Å². The van der Waals surface area contributed by atoms with Crippen molar-refractivity contribution in [1.82, 2.24) is 24.4 Å². The van der Waals surface area contributed by atoms with Crippen LogP contribution in [0, 0.1) is 0 Å². The highest BCUT2D eigenvalue weighted by atomic mass is 16.5. The monoisotopic (exact) mass is 469 g/mol. The van der Waals surface area contributed by atoms with E-state index in [9.17, 15) is 9.59 Å². The molecule has 3 heterocycles. The summed E-state index contributed by atoms with van der Waals surface area (Å²) in [6, 6.07) is 1.57. The lowest BCUT2D eigenvalue weighted by Gasteiger charge is -2.26. The number of hydrogen-bond acceptors (Lipinski definition) is 10. The topological polar surface area (TPSA) is 147 Å². The summed E-state index contributed by atoms with van der Waals surface area (Å²) in [6.07, 6.45) is 4.84. The summed E-state index contributed by atoms with van der Waals surface area (Å²) in [5, 5.41) is 2.80. The largest absolute Gasteiger partial charge is 0.491 e. The van der Waals surface area contributed by atoms with E-state index in [2.05, 4.69) is 25.2 Å². The van der Waals surface area contributed by atoms with Crippen molar-refractivity contribution in [2.24, 2.45) is 7.05 Å². The molecular weight excluding hydrogens is 442 g/mol. The number of carbonyl (C=O) groups is 1. The molecule has 1 amide bonds. The molecule has 1 aliphatic rings. The van der Waals surface area contributed by atoms with E-state index in [0.29, 0.717) is 12.4 Å². The Bertz CT molecular complexity index is 1230. The SMILES string of the molecule is COc1c(OCCCN2CCOCC2)cc(N)c2c(=O)n(C)c(NC(=O)c3cncnc3)nc12. The molecule has 34 heavy (non-hydrogen) atoms. The van der Waals surface area contributed by atoms with Crippen molar-refractivity contribution in [3.8, 4) is 11.5 Å². The summed E-state index contributed by atoms with van der Waals surface area (Å²) in [7, 11) is 2.96. The van der Waals surface area contributed by atoms with Gasteiger partial charge in [-0.15, -0.1) is 0 Å². The molecule has 1 aromatic carbocycles. The molecule has 0 spiro atoms. The van der Waals surface area contributed by atoms with Crippen molar-refractivity contribution in [3.05, 3.63) is 40.7 Å². The fourth-order valence-corrected chi connectivity index (χ4v) is 3.72. The Morgan fingerprint density at radius 2 is 2.00 bits per heavy atom. The van der Waals surface area contributed by atoms with Crippen LogP contribution < -0.4 is 26.1 Å². The quantitative estimate of drug-likeness (QED) is 0.356. The molecule has 12 heteroatoms. The fraction of sp³-hybridized carbons (Fsp3) is 0.409. The average Bonchev–Trinajstić information content (AvgIpc) is 2.86. The van der Waals surface area contributed by atoms with Crippen molar-refractivity contribution in [2.75, 3.05) is 57.6 Å². The molecule has 3 N–H and O–H groups in total. The summed E-state index contributed by atoms with van der Waals surface area (Å²) >= 11 is 0. The molecule has 1 aliphatic heterocycles. The highest BCUT2D eigenvalue weighted by Gasteiger charge is 2.21. The molecule has 1 saturated heterocycles. The molecule has 0 radical (unpaired) electrons. The van der Waals surface area contributed by atoms with E-state index < -0.39 is 11.5 Å². The Balaban J connectivity index is 1.60. The van der Waals surface area contributed by atoms with Crippen molar-refractivity contribution < 1.29 is 19.0 Å². The van der Waals surface area contributed by atoms with Gasteiger partial charge in [-0.25, -0.2) is 15.0 Å². The number of benzene rings is 1. The number of hydrogen-bond donors (Lipinski definition) is 2. The van der Waals surface area contributed by atoms with E-state index >= 15 is 0 Å². The zero-order valence-corrected chi connectivity index (χ0v) is 19.1. The summed E-state index contributed by atoms with van der Waals surface area (Å²) in [4.78, 5) is 40.1. The summed E-state index contributed by atoms with van der Waals surface area (Å²) < 4.78 is 18.1. The molecule has 0 aliphatic carbocycles. The Hall–Kier alpha value is -3.77. The normalized spacial score (nSPS) is 14.2. The Kier molecular flexibility index (Phi) is 7.18. The predicted molar refractivity (Wildman–Crippen MR) is 125 cm³/mol. The molecule has 0 unspecified atom stereocenters. The lowest BCUT2D eigenvalue weighted by Crippen LogP contribution is -2.37. The minimum absolute atomic E-state index is 0.0218. The van der Waals surface area contributed by atoms with Crippen LogP contribution in [0.2, 0.25) is 0 Å². The van der Waals surface area contributed by atoms with Crippen LogP contribution in [-0.2, 0) is 11.8 Å². The lowest BCUT2D eigenvalue weighted by molar-refractivity contribution is 0.0357. The third-order valence-electron chi connectivity index (χ3n) is 5.54. The highest BCUT2D eigenvalue weighted by Crippen LogP contribution is 2.37. The molecule has 3 aromatic rings. The summed E-state index contributed by atoms with van der Waals surface area (Å²) in [6.45, 7) is 4.61. The Morgan fingerprint density at radius 1 is 1.26 bits per heavy atom. The molecule has 0 bridgehead atoms. The molecule has 0 saturated carbocycles. The fourth-order valence-electron chi connectivity index (χ4n) is 3.72. The van der Waals surface area contributed by atoms with Gasteiger partial charge in [-0.2, -0.15) is 0 Å². The van der Waals surface area contributed by atoms with Crippen LogP contribution in [0.3, 0.4) is 0 Å². The number of nitrogens with zero attached hydrogens (tertiary/aromatic N) is 5. The van der Waals surface area contributed by atoms with E-state index in [-0.39, 0.29) is 33.9 Å². The predicted octanol–water partition coefficient (Wildman–Crippen LogP) is 0.668. The van der Waals surface area contributed by atoms with Gasteiger partial charge in [0.1, 0.15) is 11.8 Å². The molecule has 1 fully saturated rings. The third kappa shape index (κ3) is 4.92. The van der Waals surface area contributed by atoms with Gasteiger partial charge in [0.15, 0.2) is 11.5 Å². The van der Waals surface area contributed by atoms with Crippen molar-refractivity contribution in [3.63, 3.8) is 0 Å². The van der Waals surface area contributed by atoms with E-state index in [0.717, 1.165) is 39.3 Å². The molecule has 12 nitrogen and oxygen atoms in total. The summed E-state index contributed by atoms with van der Waals surface area (Å²) in [5.41, 5.74) is 6.40. The van der Waals surface area contributed by atoms with Gasteiger partial charge in [0.25, 0.3) is 11.5 Å². The van der Waals surface area contributed by atoms with Crippen LogP contribution in [0.4, 0.5) is 11.6 Å². The number of carbonyl (C=O) groups excluding carboxylic acids is 1. The van der Waals surface area contributed by atoms with Crippen molar-refractivity contribution in [2.45, 2.75) is 6.42 Å². The van der Waals surface area contributed by atoms with Gasteiger partial charge >= 0.3 is 0 Å². The minimum atomic E-state index is -0.509. The standard InChI is InChI=1S/C22H27N7O5/c1-28-21(31)17-15(23)10-16(34-7-3-4-29-5-8-33-9-6-29)19(32-2)18(17)26-22(28)27-20(30)14-11-24-13-25-12-14/h10-13H,3-9,23H2,1-2H3,(H,26,27,30). The maximum absolute atomic E-state index is 13.1. The van der Waals surface area contributed by atoms with Crippen LogP contribution in [0.15, 0.2) is 29.6 Å². The van der Waals surface area contributed by atoms with Gasteiger partial charge in [0, 0.05) is 45.1 Å². The third-order valence-corrected chi connectivity index (χ3v) is 5.54. The van der Waals surface area contributed by atoms with Gasteiger partial charge in [-0.05, 0) is 6.42 Å². The zero-order valence-electron chi connectivity index (χ0n) is 19.1. The number of ether oxygens (including phenoxy) is 3. The first-order valence-electron chi connectivity index (χ1n) is 10.9. The van der Waals surface area contributed by atoms with E-state index in [1.54, 1.807) is 6.07 Å². The number of rotatable bonds is 8. The molecular formula is C22H27N7O5. The van der Waals surface area contributed by atoms with E-state index in [4.69, 9.17) is 19.9 Å². The number of aromatic nitrogens is 4. The second-order valence-electron chi connectivity index (χ2n) is 7.76. The van der Waals surface area contributed by atoms with Gasteiger partial charge in [-0.3, -0.25) is 24.4 Å². The highest BCUT2D eigenvalue weighted by molar-refractivity contribution is 6.04. The first kappa shape index (κ1) is 23.4. The maximum Gasteiger partial charge on any atom is 0.264 e. The molecule has 0 atom stereocenters. The first-order chi connectivity index (χ1) is 16.5. The number of amides is 1. The zero-order chi connectivity index (χ0) is 24.1. The average molecular weight is 470 g/mol. The van der Waals surface area contributed by atoms with Crippen LogP contribution >= 0.6 is 0 Å². The van der Waals surface area contributed by atoms with Crippen molar-refractivity contribution >= 4 is 28.4 Å². The van der Waals surface area contributed by atoms with Gasteiger partial charge in [0.05, 0.1) is 43.6 Å². The van der Waals surface area contributed by atoms with E-state index in [1.807, 2.05) is 0 Å². The first-order valence-corrected chi connectivity index (χ1v) is 10.9. The van der Waals surface area contributed by atoms with Gasteiger partial charge < -0.3 is 19.9 Å². The maximum atomic E-state index is 13.1. The number of fused-ring (bicyclic) bond motifs is 1. The van der Waals surface area contributed by atoms with Crippen molar-refractivity contribution in [1.29, 1.82) is 0 Å². The smallest absolute Gasteiger partial charge is 0.264 e. The number of nitrogens with two attached hydrogens (primary N) is 1. The number of morpholine rings is 1. The number of nitrogens with one attached hydrogen (secondary N) is 1. The van der Waals surface area contributed by atoms with Crippen LogP contribution in [-0.4, -0.2) is 76.9 Å². The van der Waals surface area contributed by atoms with Crippen LogP contribution in [0.25, 0.3) is 10.9 Å². The second-order valence-corrected chi connectivity index (χ2v) is 7.76. The Labute approximate surface area is 195 Å². The molecule has 2 aromatic heterocycles. The van der Waals surface area contributed by atoms with Crippen LogP contribution in [0.1, 0.15) is 16.8 Å². The Morgan fingerprint density at radius 3 is 2.71 bits per heavy atom. The molecule has 180 valence electrons. The van der Waals surface area contributed by atoms with Gasteiger partial charge in [0.2, 0.25) is 5.95 Å². The summed E-state index contributed by atoms with van der Waals surface area (Å²) in [5.74, 6) is 0.161. The van der Waals surface area contributed by atoms with Gasteiger partial charge in [-0.1, -0.05) is 0 Å². The van der Waals surface area contributed by atoms with Crippen LogP contribution in [0.5, 0.6) is 11.5 Å². The number of anilines is 2. The second kappa shape index (κ2) is 10.4. The lowest BCUT2D eigenvalue weighted by atomic mass is 10.1. The molecule has 4 rings (SSSR count).